The van der Waals surface area contributed by atoms with Crippen molar-refractivity contribution in [1.82, 2.24) is 9.44 Å². The van der Waals surface area contributed by atoms with Crippen molar-refractivity contribution in [3.8, 4) is 0 Å². The monoisotopic (exact) mass is 658 g/mol. The molecular formula is C29H39ClN2O9S2. The maximum atomic E-state index is 13.5. The number of carboxylic acids is 2. The largest absolute Gasteiger partial charge is 0.481 e. The van der Waals surface area contributed by atoms with E-state index in [-0.39, 0.29) is 51.9 Å². The normalized spacial score (nSPS) is 11.8. The first-order valence-corrected chi connectivity index (χ1v) is 17.6. The zero-order valence-corrected chi connectivity index (χ0v) is 26.3. The number of benzene rings is 2. The SMILES string of the molecule is O=C(O)CCCCCCCNS(=O)(=O)c1cccc(C(=O)c2c(Cl)cccc2S(=O)(=O)NCCCCCCCC(=O)O)c1. The van der Waals surface area contributed by atoms with E-state index in [1.165, 1.54) is 42.5 Å². The van der Waals surface area contributed by atoms with Crippen molar-refractivity contribution in [2.45, 2.75) is 86.8 Å². The Bertz CT molecular complexity index is 1460. The minimum absolute atomic E-state index is 0.0489. The number of hydrogen-bond acceptors (Lipinski definition) is 7. The standard InChI is InChI=1S/C29H39ClN2O9S2/c30-24-15-12-16-25(43(40,41)32-20-10-6-2-4-8-18-27(35)36)28(24)29(37)22-13-11-14-23(21-22)42(38,39)31-19-9-5-1-3-7-17-26(33)34/h11-16,21,31-32H,1-10,17-20H2,(H,33,34)(H,35,36). The molecule has 0 radical (unpaired) electrons. The number of sulfonamides is 2. The average Bonchev–Trinajstić information content (AvgIpc) is 2.95. The minimum Gasteiger partial charge on any atom is -0.481 e. The molecule has 0 fully saturated rings. The van der Waals surface area contributed by atoms with Gasteiger partial charge < -0.3 is 10.2 Å². The zero-order valence-electron chi connectivity index (χ0n) is 23.9. The van der Waals surface area contributed by atoms with E-state index in [0.29, 0.717) is 32.1 Å². The molecule has 0 unspecified atom stereocenters. The number of rotatable bonds is 22. The number of hydrogen-bond donors (Lipinski definition) is 4. The number of ketones is 1. The van der Waals surface area contributed by atoms with Crippen LogP contribution in [0.25, 0.3) is 0 Å². The van der Waals surface area contributed by atoms with Crippen molar-refractivity contribution in [2.24, 2.45) is 0 Å². The molecule has 0 saturated heterocycles. The molecule has 0 atom stereocenters. The molecule has 2 aromatic rings. The van der Waals surface area contributed by atoms with E-state index in [1.54, 1.807) is 0 Å². The Kier molecular flexibility index (Phi) is 15.3. The second kappa shape index (κ2) is 18.1. The van der Waals surface area contributed by atoms with E-state index in [4.69, 9.17) is 21.8 Å². The summed E-state index contributed by atoms with van der Waals surface area (Å²) in [5, 5.41) is 17.3. The van der Waals surface area contributed by atoms with Gasteiger partial charge in [-0.1, -0.05) is 68.3 Å². The van der Waals surface area contributed by atoms with Crippen LogP contribution in [0.15, 0.2) is 52.3 Å². The molecule has 0 heterocycles. The van der Waals surface area contributed by atoms with E-state index in [9.17, 15) is 31.2 Å². The Hall–Kier alpha value is -2.84. The van der Waals surface area contributed by atoms with Crippen LogP contribution in [0.2, 0.25) is 5.02 Å². The minimum atomic E-state index is -4.13. The van der Waals surface area contributed by atoms with Crippen LogP contribution in [0.3, 0.4) is 0 Å². The topological polar surface area (TPSA) is 184 Å². The molecule has 238 valence electrons. The maximum absolute atomic E-state index is 13.5. The lowest BCUT2D eigenvalue weighted by molar-refractivity contribution is -0.138. The van der Waals surface area contributed by atoms with Crippen molar-refractivity contribution < 1.29 is 41.4 Å². The Morgan fingerprint density at radius 1 is 0.651 bits per heavy atom. The summed E-state index contributed by atoms with van der Waals surface area (Å²) >= 11 is 6.30. The Labute approximate surface area is 258 Å². The first kappa shape index (κ1) is 36.4. The van der Waals surface area contributed by atoms with Crippen LogP contribution >= 0.6 is 11.6 Å². The summed E-state index contributed by atoms with van der Waals surface area (Å²) in [5.74, 6) is -2.44. The van der Waals surface area contributed by atoms with E-state index in [1.807, 2.05) is 0 Å². The van der Waals surface area contributed by atoms with Crippen LogP contribution in [0.1, 0.15) is 93.0 Å². The third-order valence-electron chi connectivity index (χ3n) is 6.62. The number of unbranched alkanes of at least 4 members (excludes halogenated alkanes) is 8. The highest BCUT2D eigenvalue weighted by molar-refractivity contribution is 7.89. The van der Waals surface area contributed by atoms with Crippen molar-refractivity contribution in [2.75, 3.05) is 13.1 Å². The Morgan fingerprint density at radius 2 is 1.14 bits per heavy atom. The zero-order chi connectivity index (χ0) is 31.9. The van der Waals surface area contributed by atoms with Crippen LogP contribution in [0.5, 0.6) is 0 Å². The molecule has 0 aromatic heterocycles. The molecule has 11 nitrogen and oxygen atoms in total. The van der Waals surface area contributed by atoms with E-state index in [0.717, 1.165) is 32.1 Å². The fourth-order valence-corrected chi connectivity index (χ4v) is 7.07. The highest BCUT2D eigenvalue weighted by Gasteiger charge is 2.26. The van der Waals surface area contributed by atoms with Gasteiger partial charge >= 0.3 is 11.9 Å². The molecule has 2 aromatic carbocycles. The van der Waals surface area contributed by atoms with Gasteiger partial charge in [0, 0.05) is 31.5 Å². The highest BCUT2D eigenvalue weighted by Crippen LogP contribution is 2.27. The third kappa shape index (κ3) is 12.7. The summed E-state index contributed by atoms with van der Waals surface area (Å²) in [6.45, 7) is 0.281. The van der Waals surface area contributed by atoms with Crippen LogP contribution in [-0.4, -0.2) is 57.9 Å². The van der Waals surface area contributed by atoms with Gasteiger partial charge in [-0.05, 0) is 49.9 Å². The van der Waals surface area contributed by atoms with Crippen molar-refractivity contribution in [1.29, 1.82) is 0 Å². The first-order chi connectivity index (χ1) is 20.3. The molecule has 0 aliphatic rings. The fraction of sp³-hybridized carbons (Fsp3) is 0.483. The molecule has 0 amide bonds. The number of carbonyl (C=O) groups is 3. The smallest absolute Gasteiger partial charge is 0.303 e. The highest BCUT2D eigenvalue weighted by atomic mass is 35.5. The molecule has 0 aliphatic carbocycles. The molecule has 0 bridgehead atoms. The lowest BCUT2D eigenvalue weighted by atomic mass is 10.0. The van der Waals surface area contributed by atoms with Crippen LogP contribution in [-0.2, 0) is 29.6 Å². The molecule has 2 rings (SSSR count). The second-order valence-electron chi connectivity index (χ2n) is 10.1. The Morgan fingerprint density at radius 3 is 1.70 bits per heavy atom. The molecule has 0 aliphatic heterocycles. The first-order valence-electron chi connectivity index (χ1n) is 14.2. The van der Waals surface area contributed by atoms with Crippen LogP contribution in [0.4, 0.5) is 0 Å². The van der Waals surface area contributed by atoms with Gasteiger partial charge in [0.25, 0.3) is 0 Å². The molecule has 0 saturated carbocycles. The number of halogens is 1. The van der Waals surface area contributed by atoms with Gasteiger partial charge in [-0.2, -0.15) is 0 Å². The number of carbonyl (C=O) groups excluding carboxylic acids is 1. The van der Waals surface area contributed by atoms with Crippen LogP contribution in [0, 0.1) is 0 Å². The fourth-order valence-electron chi connectivity index (χ4n) is 4.33. The third-order valence-corrected chi connectivity index (χ3v) is 9.89. The van der Waals surface area contributed by atoms with Crippen molar-refractivity contribution in [3.05, 3.63) is 58.6 Å². The summed E-state index contributed by atoms with van der Waals surface area (Å²) in [6.07, 6.45) is 6.87. The van der Waals surface area contributed by atoms with Crippen molar-refractivity contribution in [3.63, 3.8) is 0 Å². The van der Waals surface area contributed by atoms with E-state index < -0.39 is 37.8 Å². The van der Waals surface area contributed by atoms with Gasteiger partial charge in [0.2, 0.25) is 20.0 Å². The number of carboxylic acid groups (broad SMARTS) is 2. The van der Waals surface area contributed by atoms with Gasteiger partial charge in [-0.15, -0.1) is 0 Å². The van der Waals surface area contributed by atoms with Gasteiger partial charge in [0.05, 0.1) is 20.4 Å². The lowest BCUT2D eigenvalue weighted by Crippen LogP contribution is -2.27. The summed E-state index contributed by atoms with van der Waals surface area (Å²) < 4.78 is 56.9. The summed E-state index contributed by atoms with van der Waals surface area (Å²) in [5.41, 5.74) is -0.317. The Balaban J connectivity index is 2.04. The maximum Gasteiger partial charge on any atom is 0.303 e. The lowest BCUT2D eigenvalue weighted by Gasteiger charge is -2.13. The average molecular weight is 659 g/mol. The second-order valence-corrected chi connectivity index (χ2v) is 14.0. The molecule has 14 heteroatoms. The molecule has 4 N–H and O–H groups in total. The predicted octanol–water partition coefficient (Wildman–Crippen LogP) is 4.98. The van der Waals surface area contributed by atoms with Gasteiger partial charge in [0.1, 0.15) is 0 Å². The quantitative estimate of drug-likeness (QED) is 0.100. The summed E-state index contributed by atoms with van der Waals surface area (Å²) in [7, 11) is -8.09. The van der Waals surface area contributed by atoms with Crippen LogP contribution < -0.4 is 9.44 Å². The number of aliphatic carboxylic acids is 2. The molecule has 43 heavy (non-hydrogen) atoms. The summed E-state index contributed by atoms with van der Waals surface area (Å²) in [4.78, 5) is 34.2. The predicted molar refractivity (Wildman–Crippen MR) is 162 cm³/mol. The van der Waals surface area contributed by atoms with Gasteiger partial charge in [-0.3, -0.25) is 14.4 Å². The van der Waals surface area contributed by atoms with Crippen molar-refractivity contribution >= 4 is 49.4 Å². The van der Waals surface area contributed by atoms with E-state index >= 15 is 0 Å². The number of nitrogens with one attached hydrogen (secondary N) is 2. The summed E-state index contributed by atoms with van der Waals surface area (Å²) in [6, 6.07) is 9.34. The van der Waals surface area contributed by atoms with E-state index in [2.05, 4.69) is 9.44 Å². The molecule has 0 spiro atoms. The van der Waals surface area contributed by atoms with Gasteiger partial charge in [0.15, 0.2) is 5.78 Å². The molecular weight excluding hydrogens is 620 g/mol. The van der Waals surface area contributed by atoms with Gasteiger partial charge in [-0.25, -0.2) is 26.3 Å².